The first-order valence-corrected chi connectivity index (χ1v) is 8.74. The number of hydrogen-bond acceptors (Lipinski definition) is 3. The molecular formula is C12H25F3O3Si. The van der Waals surface area contributed by atoms with Crippen molar-refractivity contribution in [3.63, 3.8) is 0 Å². The molecule has 0 heterocycles. The number of hydrogen-bond donors (Lipinski definition) is 0. The summed E-state index contributed by atoms with van der Waals surface area (Å²) in [7, 11) is -2.82. The van der Waals surface area contributed by atoms with Crippen molar-refractivity contribution < 1.29 is 26.4 Å². The van der Waals surface area contributed by atoms with Crippen LogP contribution in [0.15, 0.2) is 0 Å². The highest BCUT2D eigenvalue weighted by atomic mass is 28.4. The molecule has 0 amide bonds. The van der Waals surface area contributed by atoms with Crippen molar-refractivity contribution in [1.29, 1.82) is 0 Å². The molecule has 0 saturated heterocycles. The van der Waals surface area contributed by atoms with Crippen molar-refractivity contribution in [2.75, 3.05) is 13.2 Å². The van der Waals surface area contributed by atoms with E-state index in [0.29, 0.717) is 19.3 Å². The van der Waals surface area contributed by atoms with E-state index in [1.54, 1.807) is 6.92 Å². The van der Waals surface area contributed by atoms with E-state index in [4.69, 9.17) is 13.3 Å². The molecule has 1 unspecified atom stereocenters. The largest absolute Gasteiger partial charge is 0.501 e. The third kappa shape index (κ3) is 8.62. The van der Waals surface area contributed by atoms with Crippen LogP contribution in [0, 0.1) is 0 Å². The summed E-state index contributed by atoms with van der Waals surface area (Å²) in [5.41, 5.74) is 0. The van der Waals surface area contributed by atoms with Crippen LogP contribution in [0.25, 0.3) is 0 Å². The summed E-state index contributed by atoms with van der Waals surface area (Å²) in [5, 5.41) is 0. The van der Waals surface area contributed by atoms with E-state index >= 15 is 0 Å². The lowest BCUT2D eigenvalue weighted by Crippen LogP contribution is -2.48. The molecule has 0 aliphatic carbocycles. The Morgan fingerprint density at radius 1 is 1.05 bits per heavy atom. The molecule has 19 heavy (non-hydrogen) atoms. The third-order valence-corrected chi connectivity index (χ3v) is 5.83. The maximum atomic E-state index is 12.2. The van der Waals surface area contributed by atoms with Gasteiger partial charge in [0.1, 0.15) is 0 Å². The topological polar surface area (TPSA) is 27.7 Å². The van der Waals surface area contributed by atoms with Gasteiger partial charge in [-0.15, -0.1) is 0 Å². The van der Waals surface area contributed by atoms with E-state index in [1.807, 2.05) is 20.8 Å². The summed E-state index contributed by atoms with van der Waals surface area (Å²) in [5.74, 6) is 0. The van der Waals surface area contributed by atoms with Crippen LogP contribution < -0.4 is 0 Å². The summed E-state index contributed by atoms with van der Waals surface area (Å²) in [4.78, 5) is 0. The second-order valence-corrected chi connectivity index (χ2v) is 7.06. The summed E-state index contributed by atoms with van der Waals surface area (Å²) < 4.78 is 53.6. The lowest BCUT2D eigenvalue weighted by atomic mass is 10.2. The molecular weight excluding hydrogens is 277 g/mol. The number of alkyl halides is 3. The Morgan fingerprint density at radius 3 is 1.95 bits per heavy atom. The Bertz CT molecular complexity index is 220. The van der Waals surface area contributed by atoms with Crippen molar-refractivity contribution in [1.82, 2.24) is 0 Å². The molecule has 0 radical (unpaired) electrons. The Balaban J connectivity index is 4.51. The fourth-order valence-electron chi connectivity index (χ4n) is 1.79. The fourth-order valence-corrected chi connectivity index (χ4v) is 4.64. The van der Waals surface area contributed by atoms with Crippen LogP contribution in [0.3, 0.4) is 0 Å². The number of halogens is 3. The normalized spacial score (nSPS) is 14.7. The molecule has 116 valence electrons. The monoisotopic (exact) mass is 302 g/mol. The van der Waals surface area contributed by atoms with Gasteiger partial charge < -0.3 is 13.3 Å². The number of rotatable bonds is 10. The molecule has 0 fully saturated rings. The molecule has 0 rings (SSSR count). The van der Waals surface area contributed by atoms with Gasteiger partial charge in [-0.2, -0.15) is 13.2 Å². The second-order valence-electron chi connectivity index (χ2n) is 4.38. The molecule has 3 nitrogen and oxygen atoms in total. The van der Waals surface area contributed by atoms with Gasteiger partial charge in [0.25, 0.3) is 0 Å². The minimum absolute atomic E-state index is 0.0673. The summed E-state index contributed by atoms with van der Waals surface area (Å²) >= 11 is 0. The minimum Gasteiger partial charge on any atom is -0.374 e. The van der Waals surface area contributed by atoms with Crippen LogP contribution in [0.4, 0.5) is 13.2 Å². The fraction of sp³-hybridized carbons (Fsp3) is 1.00. The van der Waals surface area contributed by atoms with Crippen molar-refractivity contribution in [2.24, 2.45) is 0 Å². The van der Waals surface area contributed by atoms with Crippen LogP contribution in [0.2, 0.25) is 6.04 Å². The van der Waals surface area contributed by atoms with E-state index in [-0.39, 0.29) is 6.42 Å². The first-order chi connectivity index (χ1) is 8.78. The highest BCUT2D eigenvalue weighted by molar-refractivity contribution is 6.60. The van der Waals surface area contributed by atoms with Crippen LogP contribution in [-0.4, -0.2) is 34.3 Å². The Labute approximate surface area is 114 Å². The van der Waals surface area contributed by atoms with E-state index in [1.165, 1.54) is 0 Å². The molecule has 1 atom stereocenters. The summed E-state index contributed by atoms with van der Waals surface area (Å²) in [6.07, 6.45) is -4.76. The minimum atomic E-state index is -4.15. The van der Waals surface area contributed by atoms with Crippen LogP contribution in [0.1, 0.15) is 47.0 Å². The van der Waals surface area contributed by atoms with Gasteiger partial charge in [-0.25, -0.2) is 0 Å². The first-order valence-electron chi connectivity index (χ1n) is 6.81. The van der Waals surface area contributed by atoms with Gasteiger partial charge >= 0.3 is 15.0 Å². The molecule has 0 aromatic rings. The lowest BCUT2D eigenvalue weighted by Gasteiger charge is -2.31. The molecule has 0 aliphatic heterocycles. The van der Waals surface area contributed by atoms with E-state index in [9.17, 15) is 13.2 Å². The molecule has 0 aromatic carbocycles. The quantitative estimate of drug-likeness (QED) is 0.567. The van der Waals surface area contributed by atoms with Gasteiger partial charge in [-0.3, -0.25) is 0 Å². The Hall–Kier alpha value is -0.113. The van der Waals surface area contributed by atoms with Gasteiger partial charge in [-0.05, 0) is 27.2 Å². The molecule has 0 aromatic heterocycles. The zero-order valence-corrected chi connectivity index (χ0v) is 13.2. The molecule has 0 saturated carbocycles. The molecule has 0 aliphatic rings. The van der Waals surface area contributed by atoms with Gasteiger partial charge in [0.15, 0.2) is 0 Å². The molecule has 0 N–H and O–H groups in total. The third-order valence-electron chi connectivity index (χ3n) is 2.50. The van der Waals surface area contributed by atoms with Gasteiger partial charge in [0.05, 0.1) is 0 Å². The first kappa shape index (κ1) is 18.9. The van der Waals surface area contributed by atoms with Crippen LogP contribution >= 0.6 is 0 Å². The van der Waals surface area contributed by atoms with Crippen molar-refractivity contribution in [3.05, 3.63) is 0 Å². The van der Waals surface area contributed by atoms with Crippen molar-refractivity contribution >= 4 is 8.80 Å². The van der Waals surface area contributed by atoms with Crippen molar-refractivity contribution in [2.45, 2.75) is 65.3 Å². The lowest BCUT2D eigenvalue weighted by molar-refractivity contribution is -0.140. The standard InChI is InChI=1S/C12H25F3O3Si/c1-5-10-19(16-6-2,17-7-3)18-11(4)8-9-12(13,14)15/h11H,5-10H2,1-4H3. The predicted molar refractivity (Wildman–Crippen MR) is 69.9 cm³/mol. The average molecular weight is 302 g/mol. The summed E-state index contributed by atoms with van der Waals surface area (Å²) in [6.45, 7) is 8.17. The maximum Gasteiger partial charge on any atom is 0.501 e. The van der Waals surface area contributed by atoms with E-state index < -0.39 is 27.5 Å². The van der Waals surface area contributed by atoms with Gasteiger partial charge in [0.2, 0.25) is 0 Å². The molecule has 0 spiro atoms. The Morgan fingerprint density at radius 2 is 1.58 bits per heavy atom. The average Bonchev–Trinajstić information content (AvgIpc) is 2.26. The zero-order valence-electron chi connectivity index (χ0n) is 12.2. The second kappa shape index (κ2) is 8.94. The van der Waals surface area contributed by atoms with Crippen LogP contribution in [-0.2, 0) is 13.3 Å². The van der Waals surface area contributed by atoms with E-state index in [0.717, 1.165) is 6.42 Å². The maximum absolute atomic E-state index is 12.2. The van der Waals surface area contributed by atoms with Crippen molar-refractivity contribution in [3.8, 4) is 0 Å². The SMILES string of the molecule is CCC[Si](OCC)(OCC)OC(C)CCC(F)(F)F. The van der Waals surface area contributed by atoms with Crippen LogP contribution in [0.5, 0.6) is 0 Å². The highest BCUT2D eigenvalue weighted by Crippen LogP contribution is 2.26. The molecule has 0 bridgehead atoms. The summed E-state index contributed by atoms with van der Waals surface area (Å²) in [6, 6.07) is 0.630. The molecule has 7 heteroatoms. The van der Waals surface area contributed by atoms with Gasteiger partial charge in [0, 0.05) is 31.8 Å². The van der Waals surface area contributed by atoms with Gasteiger partial charge in [-0.1, -0.05) is 13.3 Å². The Kier molecular flexibility index (Phi) is 8.89. The predicted octanol–water partition coefficient (Wildman–Crippen LogP) is 4.16. The highest BCUT2D eigenvalue weighted by Gasteiger charge is 2.41. The van der Waals surface area contributed by atoms with E-state index in [2.05, 4.69) is 0 Å². The smallest absolute Gasteiger partial charge is 0.374 e. The zero-order chi connectivity index (χ0) is 14.9.